The van der Waals surface area contributed by atoms with Gasteiger partial charge in [0, 0.05) is 24.5 Å². The van der Waals surface area contributed by atoms with Crippen molar-refractivity contribution in [1.82, 2.24) is 9.55 Å². The number of fused-ring (bicyclic) bond motifs is 2. The Morgan fingerprint density at radius 3 is 2.88 bits per heavy atom. The first kappa shape index (κ1) is 10.2. The van der Waals surface area contributed by atoms with Gasteiger partial charge in [-0.25, -0.2) is 4.98 Å². The van der Waals surface area contributed by atoms with E-state index in [1.165, 1.54) is 25.7 Å². The molecule has 0 radical (unpaired) electrons. The van der Waals surface area contributed by atoms with Crippen molar-refractivity contribution in [3.63, 3.8) is 0 Å². The summed E-state index contributed by atoms with van der Waals surface area (Å²) in [5.74, 6) is 2.96. The van der Waals surface area contributed by atoms with Crippen LogP contribution >= 0.6 is 0 Å². The maximum atomic E-state index is 4.44. The Morgan fingerprint density at radius 2 is 2.25 bits per heavy atom. The Hall–Kier alpha value is -0.990. The van der Waals surface area contributed by atoms with Gasteiger partial charge in [-0.3, -0.25) is 0 Å². The number of imidazole rings is 1. The van der Waals surface area contributed by atoms with Gasteiger partial charge >= 0.3 is 0 Å². The van der Waals surface area contributed by atoms with Gasteiger partial charge in [-0.2, -0.15) is 0 Å². The van der Waals surface area contributed by atoms with Gasteiger partial charge in [0.15, 0.2) is 0 Å². The molecule has 1 N–H and O–H groups in total. The highest BCUT2D eigenvalue weighted by atomic mass is 15.2. The van der Waals surface area contributed by atoms with Gasteiger partial charge in [-0.15, -0.1) is 0 Å². The fraction of sp³-hybridized carbons (Fsp3) is 0.769. The van der Waals surface area contributed by atoms with Crippen molar-refractivity contribution >= 4 is 5.95 Å². The van der Waals surface area contributed by atoms with Crippen LogP contribution in [-0.2, 0) is 0 Å². The molecule has 1 aromatic heterocycles. The Bertz CT molecular complexity index is 369. The van der Waals surface area contributed by atoms with E-state index in [9.17, 15) is 0 Å². The summed E-state index contributed by atoms with van der Waals surface area (Å²) in [6.45, 7) is 4.40. The molecule has 2 aliphatic carbocycles. The lowest BCUT2D eigenvalue weighted by atomic mass is 9.95. The minimum Gasteiger partial charge on any atom is -0.353 e. The molecule has 88 valence electrons. The maximum absolute atomic E-state index is 4.44. The van der Waals surface area contributed by atoms with Crippen LogP contribution in [0.5, 0.6) is 0 Å². The van der Waals surface area contributed by atoms with E-state index in [0.29, 0.717) is 12.1 Å². The molecule has 2 aliphatic rings. The zero-order chi connectivity index (χ0) is 11.1. The predicted molar refractivity (Wildman–Crippen MR) is 65.5 cm³/mol. The van der Waals surface area contributed by atoms with Crippen LogP contribution in [0.1, 0.15) is 45.6 Å². The van der Waals surface area contributed by atoms with Crippen molar-refractivity contribution in [2.75, 3.05) is 5.32 Å². The molecule has 3 atom stereocenters. The lowest BCUT2D eigenvalue weighted by Gasteiger charge is -2.24. The topological polar surface area (TPSA) is 29.9 Å². The molecule has 2 bridgehead atoms. The maximum Gasteiger partial charge on any atom is 0.203 e. The van der Waals surface area contributed by atoms with Gasteiger partial charge in [0.05, 0.1) is 0 Å². The van der Waals surface area contributed by atoms with Gasteiger partial charge in [0.1, 0.15) is 0 Å². The molecule has 3 unspecified atom stereocenters. The van der Waals surface area contributed by atoms with Crippen LogP contribution in [0.4, 0.5) is 5.95 Å². The lowest BCUT2D eigenvalue weighted by molar-refractivity contribution is 0.435. The first-order valence-corrected chi connectivity index (χ1v) is 6.53. The van der Waals surface area contributed by atoms with Gasteiger partial charge < -0.3 is 9.88 Å². The van der Waals surface area contributed by atoms with Crippen molar-refractivity contribution in [2.45, 2.75) is 51.6 Å². The molecular weight excluding hydrogens is 198 g/mol. The Balaban J connectivity index is 1.72. The summed E-state index contributed by atoms with van der Waals surface area (Å²) in [7, 11) is 0. The second kappa shape index (κ2) is 3.79. The summed E-state index contributed by atoms with van der Waals surface area (Å²) in [6, 6.07) is 1.17. The SMILES string of the molecule is CC(C)n1ccnc1NC1CC2CCC1C2. The predicted octanol–water partition coefficient (Wildman–Crippen LogP) is 3.06. The molecule has 3 nitrogen and oxygen atoms in total. The first-order chi connectivity index (χ1) is 7.74. The summed E-state index contributed by atoms with van der Waals surface area (Å²) in [5.41, 5.74) is 0. The molecule has 0 spiro atoms. The largest absolute Gasteiger partial charge is 0.353 e. The number of nitrogens with zero attached hydrogens (tertiary/aromatic N) is 2. The van der Waals surface area contributed by atoms with Crippen molar-refractivity contribution in [2.24, 2.45) is 11.8 Å². The molecule has 0 amide bonds. The third-order valence-corrected chi connectivity index (χ3v) is 4.28. The highest BCUT2D eigenvalue weighted by molar-refractivity contribution is 5.29. The number of rotatable bonds is 3. The molecule has 1 heterocycles. The number of aromatic nitrogens is 2. The summed E-state index contributed by atoms with van der Waals surface area (Å²) in [5, 5.41) is 3.65. The fourth-order valence-electron chi connectivity index (χ4n) is 3.43. The van der Waals surface area contributed by atoms with Crippen LogP contribution in [0, 0.1) is 11.8 Å². The monoisotopic (exact) mass is 219 g/mol. The Kier molecular flexibility index (Phi) is 2.41. The average Bonchev–Trinajstić information content (AvgIpc) is 2.91. The number of hydrogen-bond donors (Lipinski definition) is 1. The van der Waals surface area contributed by atoms with E-state index in [1.807, 2.05) is 6.20 Å². The van der Waals surface area contributed by atoms with Crippen LogP contribution in [0.2, 0.25) is 0 Å². The minimum absolute atomic E-state index is 0.489. The molecular formula is C13H21N3. The summed E-state index contributed by atoms with van der Waals surface area (Å²) in [6.07, 6.45) is 9.65. The second-order valence-electron chi connectivity index (χ2n) is 5.68. The standard InChI is InChI=1S/C13H21N3/c1-9(2)16-6-5-14-13(16)15-12-8-10-3-4-11(12)7-10/h5-6,9-12H,3-4,7-8H2,1-2H3,(H,14,15). The molecule has 0 aromatic carbocycles. The lowest BCUT2D eigenvalue weighted by Crippen LogP contribution is -2.27. The first-order valence-electron chi connectivity index (χ1n) is 6.53. The Labute approximate surface area is 97.3 Å². The van der Waals surface area contributed by atoms with E-state index in [2.05, 4.69) is 34.9 Å². The molecule has 3 heteroatoms. The van der Waals surface area contributed by atoms with Crippen molar-refractivity contribution < 1.29 is 0 Å². The van der Waals surface area contributed by atoms with Crippen LogP contribution < -0.4 is 5.32 Å². The van der Waals surface area contributed by atoms with E-state index in [0.717, 1.165) is 17.8 Å². The van der Waals surface area contributed by atoms with Crippen LogP contribution in [-0.4, -0.2) is 15.6 Å². The van der Waals surface area contributed by atoms with Gasteiger partial charge in [-0.1, -0.05) is 6.42 Å². The third kappa shape index (κ3) is 1.62. The van der Waals surface area contributed by atoms with Gasteiger partial charge in [0.2, 0.25) is 5.95 Å². The summed E-state index contributed by atoms with van der Waals surface area (Å²) < 4.78 is 2.23. The van der Waals surface area contributed by atoms with Crippen LogP contribution in [0.25, 0.3) is 0 Å². The smallest absolute Gasteiger partial charge is 0.203 e. The highest BCUT2D eigenvalue weighted by Crippen LogP contribution is 2.45. The zero-order valence-corrected chi connectivity index (χ0v) is 10.2. The van der Waals surface area contributed by atoms with E-state index in [1.54, 1.807) is 0 Å². The van der Waals surface area contributed by atoms with Crippen LogP contribution in [0.3, 0.4) is 0 Å². The minimum atomic E-state index is 0.489. The number of anilines is 1. The Morgan fingerprint density at radius 1 is 1.38 bits per heavy atom. The molecule has 16 heavy (non-hydrogen) atoms. The quantitative estimate of drug-likeness (QED) is 0.846. The van der Waals surface area contributed by atoms with E-state index in [4.69, 9.17) is 0 Å². The molecule has 3 rings (SSSR count). The fourth-order valence-corrected chi connectivity index (χ4v) is 3.43. The molecule has 2 saturated carbocycles. The number of hydrogen-bond acceptors (Lipinski definition) is 2. The van der Waals surface area contributed by atoms with E-state index >= 15 is 0 Å². The normalized spacial score (nSPS) is 32.6. The van der Waals surface area contributed by atoms with E-state index < -0.39 is 0 Å². The molecule has 0 saturated heterocycles. The van der Waals surface area contributed by atoms with Crippen molar-refractivity contribution in [1.29, 1.82) is 0 Å². The summed E-state index contributed by atoms with van der Waals surface area (Å²) in [4.78, 5) is 4.44. The van der Waals surface area contributed by atoms with Crippen molar-refractivity contribution in [3.8, 4) is 0 Å². The number of nitrogens with one attached hydrogen (secondary N) is 1. The van der Waals surface area contributed by atoms with E-state index in [-0.39, 0.29) is 0 Å². The van der Waals surface area contributed by atoms with Crippen LogP contribution in [0.15, 0.2) is 12.4 Å². The average molecular weight is 219 g/mol. The molecule has 2 fully saturated rings. The zero-order valence-electron chi connectivity index (χ0n) is 10.2. The second-order valence-corrected chi connectivity index (χ2v) is 5.68. The summed E-state index contributed by atoms with van der Waals surface area (Å²) >= 11 is 0. The highest BCUT2D eigenvalue weighted by Gasteiger charge is 2.39. The molecule has 0 aliphatic heterocycles. The van der Waals surface area contributed by atoms with Gasteiger partial charge in [-0.05, 0) is 44.9 Å². The third-order valence-electron chi connectivity index (χ3n) is 4.28. The van der Waals surface area contributed by atoms with Gasteiger partial charge in [0.25, 0.3) is 0 Å². The van der Waals surface area contributed by atoms with Crippen molar-refractivity contribution in [3.05, 3.63) is 12.4 Å². The molecule has 1 aromatic rings.